The summed E-state index contributed by atoms with van der Waals surface area (Å²) in [6.45, 7) is 4.09. The van der Waals surface area contributed by atoms with E-state index < -0.39 is 0 Å². The van der Waals surface area contributed by atoms with Gasteiger partial charge in [-0.1, -0.05) is 19.8 Å². The first-order valence-electron chi connectivity index (χ1n) is 6.22. The van der Waals surface area contributed by atoms with Crippen molar-refractivity contribution in [2.75, 3.05) is 6.54 Å². The normalized spacial score (nSPS) is 27.9. The maximum Gasteiger partial charge on any atom is 0.242 e. The van der Waals surface area contributed by atoms with Crippen molar-refractivity contribution in [3.8, 4) is 0 Å². The van der Waals surface area contributed by atoms with Crippen molar-refractivity contribution < 1.29 is 9.59 Å². The van der Waals surface area contributed by atoms with Crippen LogP contribution in [-0.2, 0) is 9.59 Å². The predicted octanol–water partition coefficient (Wildman–Crippen LogP) is 0.912. The third kappa shape index (κ3) is 2.20. The number of carbonyl (C=O) groups excluding carboxylic acids is 2. The van der Waals surface area contributed by atoms with Gasteiger partial charge in [-0.15, -0.1) is 0 Å². The molecule has 1 heterocycles. The molecule has 1 N–H and O–H groups in total. The molecule has 1 saturated carbocycles. The molecule has 2 unspecified atom stereocenters. The smallest absolute Gasteiger partial charge is 0.242 e. The van der Waals surface area contributed by atoms with E-state index in [0.717, 1.165) is 18.8 Å². The van der Waals surface area contributed by atoms with E-state index in [4.69, 9.17) is 0 Å². The van der Waals surface area contributed by atoms with Gasteiger partial charge in [0, 0.05) is 6.04 Å². The number of rotatable bonds is 4. The van der Waals surface area contributed by atoms with Gasteiger partial charge >= 0.3 is 0 Å². The van der Waals surface area contributed by atoms with E-state index in [-0.39, 0.29) is 30.4 Å². The molecule has 2 aliphatic rings. The largest absolute Gasteiger partial charge is 0.345 e. The quantitative estimate of drug-likeness (QED) is 0.771. The van der Waals surface area contributed by atoms with Crippen molar-refractivity contribution in [2.24, 2.45) is 5.92 Å². The second-order valence-electron chi connectivity index (χ2n) is 4.94. The van der Waals surface area contributed by atoms with Gasteiger partial charge in [-0.25, -0.2) is 0 Å². The van der Waals surface area contributed by atoms with Crippen molar-refractivity contribution in [2.45, 2.75) is 51.6 Å². The Morgan fingerprint density at radius 3 is 2.69 bits per heavy atom. The van der Waals surface area contributed by atoms with E-state index in [9.17, 15) is 9.59 Å². The summed E-state index contributed by atoms with van der Waals surface area (Å²) in [5.74, 6) is 0.836. The van der Waals surface area contributed by atoms with Gasteiger partial charge in [0.15, 0.2) is 0 Å². The molecule has 90 valence electrons. The molecule has 2 rings (SSSR count). The Morgan fingerprint density at radius 2 is 2.12 bits per heavy atom. The zero-order valence-corrected chi connectivity index (χ0v) is 10.0. The fourth-order valence-corrected chi connectivity index (χ4v) is 2.48. The molecule has 0 aromatic rings. The van der Waals surface area contributed by atoms with Crippen LogP contribution in [0.1, 0.15) is 39.5 Å². The standard InChI is InChI=1S/C12H20N2O2/c1-3-10(6-9-4-5-9)14-8(2)12(16)13-7-11(14)15/h8-10H,3-7H2,1-2H3,(H,13,16). The molecular weight excluding hydrogens is 204 g/mol. The van der Waals surface area contributed by atoms with Gasteiger partial charge in [-0.05, 0) is 25.7 Å². The zero-order valence-electron chi connectivity index (χ0n) is 10.0. The molecule has 4 nitrogen and oxygen atoms in total. The van der Waals surface area contributed by atoms with Gasteiger partial charge in [0.25, 0.3) is 0 Å². The van der Waals surface area contributed by atoms with Crippen LogP contribution < -0.4 is 5.32 Å². The van der Waals surface area contributed by atoms with Crippen molar-refractivity contribution in [1.82, 2.24) is 10.2 Å². The monoisotopic (exact) mass is 224 g/mol. The molecule has 2 amide bonds. The number of nitrogens with one attached hydrogen (secondary N) is 1. The molecular formula is C12H20N2O2. The fourth-order valence-electron chi connectivity index (χ4n) is 2.48. The van der Waals surface area contributed by atoms with Gasteiger partial charge < -0.3 is 10.2 Å². The summed E-state index contributed by atoms with van der Waals surface area (Å²) in [5.41, 5.74) is 0. The third-order valence-corrected chi connectivity index (χ3v) is 3.67. The SMILES string of the molecule is CCC(CC1CC1)N1C(=O)CNC(=O)C1C. The Kier molecular flexibility index (Phi) is 3.17. The first-order chi connectivity index (χ1) is 7.63. The zero-order chi connectivity index (χ0) is 11.7. The molecule has 2 atom stereocenters. The maximum absolute atomic E-state index is 11.9. The number of hydrogen-bond acceptors (Lipinski definition) is 2. The molecule has 0 aromatic carbocycles. The van der Waals surface area contributed by atoms with Gasteiger partial charge in [0.05, 0.1) is 6.54 Å². The van der Waals surface area contributed by atoms with Gasteiger partial charge in [-0.2, -0.15) is 0 Å². The summed E-state index contributed by atoms with van der Waals surface area (Å²) < 4.78 is 0. The van der Waals surface area contributed by atoms with Crippen LogP contribution in [0.2, 0.25) is 0 Å². The molecule has 0 spiro atoms. The summed E-state index contributed by atoms with van der Waals surface area (Å²) in [6.07, 6.45) is 4.60. The minimum Gasteiger partial charge on any atom is -0.345 e. The highest BCUT2D eigenvalue weighted by molar-refractivity contribution is 5.94. The average molecular weight is 224 g/mol. The lowest BCUT2D eigenvalue weighted by Crippen LogP contribution is -2.60. The maximum atomic E-state index is 11.9. The van der Waals surface area contributed by atoms with Crippen molar-refractivity contribution >= 4 is 11.8 Å². The Balaban J connectivity index is 2.06. The first kappa shape index (κ1) is 11.4. The summed E-state index contributed by atoms with van der Waals surface area (Å²) in [7, 11) is 0. The van der Waals surface area contributed by atoms with Crippen LogP contribution in [0.5, 0.6) is 0 Å². The number of nitrogens with zero attached hydrogens (tertiary/aromatic N) is 1. The van der Waals surface area contributed by atoms with E-state index in [1.54, 1.807) is 4.90 Å². The van der Waals surface area contributed by atoms with Crippen LogP contribution >= 0.6 is 0 Å². The Labute approximate surface area is 96.4 Å². The highest BCUT2D eigenvalue weighted by atomic mass is 16.2. The third-order valence-electron chi connectivity index (χ3n) is 3.67. The molecule has 0 bridgehead atoms. The Hall–Kier alpha value is -1.06. The molecule has 1 aliphatic carbocycles. The van der Waals surface area contributed by atoms with Crippen LogP contribution in [0.4, 0.5) is 0 Å². The van der Waals surface area contributed by atoms with Gasteiger partial charge in [-0.3, -0.25) is 9.59 Å². The highest BCUT2D eigenvalue weighted by Gasteiger charge is 2.37. The second-order valence-corrected chi connectivity index (χ2v) is 4.94. The number of hydrogen-bond donors (Lipinski definition) is 1. The minimum absolute atomic E-state index is 0.0196. The summed E-state index contributed by atoms with van der Waals surface area (Å²) >= 11 is 0. The molecule has 2 fully saturated rings. The van der Waals surface area contributed by atoms with E-state index in [1.807, 2.05) is 6.92 Å². The van der Waals surface area contributed by atoms with E-state index >= 15 is 0 Å². The summed E-state index contributed by atoms with van der Waals surface area (Å²) in [5, 5.41) is 2.63. The molecule has 16 heavy (non-hydrogen) atoms. The van der Waals surface area contributed by atoms with Crippen LogP contribution in [-0.4, -0.2) is 35.3 Å². The molecule has 0 aromatic heterocycles. The second kappa shape index (κ2) is 4.44. The summed E-state index contributed by atoms with van der Waals surface area (Å²) in [6, 6.07) is -0.0500. The predicted molar refractivity (Wildman–Crippen MR) is 60.7 cm³/mol. The van der Waals surface area contributed by atoms with E-state index in [2.05, 4.69) is 12.2 Å². The van der Waals surface area contributed by atoms with Crippen LogP contribution in [0.3, 0.4) is 0 Å². The fraction of sp³-hybridized carbons (Fsp3) is 0.833. The van der Waals surface area contributed by atoms with Crippen molar-refractivity contribution in [3.05, 3.63) is 0 Å². The highest BCUT2D eigenvalue weighted by Crippen LogP contribution is 2.36. The van der Waals surface area contributed by atoms with Crippen molar-refractivity contribution in [1.29, 1.82) is 0 Å². The minimum atomic E-state index is -0.301. The average Bonchev–Trinajstić information content (AvgIpc) is 3.06. The lowest BCUT2D eigenvalue weighted by atomic mass is 10.0. The molecule has 0 radical (unpaired) electrons. The van der Waals surface area contributed by atoms with Crippen molar-refractivity contribution in [3.63, 3.8) is 0 Å². The van der Waals surface area contributed by atoms with Crippen LogP contribution in [0.15, 0.2) is 0 Å². The van der Waals surface area contributed by atoms with E-state index in [0.29, 0.717) is 0 Å². The lowest BCUT2D eigenvalue weighted by molar-refractivity contribution is -0.147. The van der Waals surface area contributed by atoms with E-state index in [1.165, 1.54) is 12.8 Å². The lowest BCUT2D eigenvalue weighted by Gasteiger charge is -2.38. The molecule has 1 saturated heterocycles. The van der Waals surface area contributed by atoms with Gasteiger partial charge in [0.2, 0.25) is 11.8 Å². The van der Waals surface area contributed by atoms with Crippen LogP contribution in [0.25, 0.3) is 0 Å². The van der Waals surface area contributed by atoms with Gasteiger partial charge in [0.1, 0.15) is 6.04 Å². The van der Waals surface area contributed by atoms with Crippen LogP contribution in [0, 0.1) is 5.92 Å². The molecule has 4 heteroatoms. The number of amides is 2. The summed E-state index contributed by atoms with van der Waals surface area (Å²) in [4.78, 5) is 25.2. The molecule has 1 aliphatic heterocycles. The first-order valence-corrected chi connectivity index (χ1v) is 6.22. The Bertz CT molecular complexity index is 299. The number of carbonyl (C=O) groups is 2. The number of piperazine rings is 1. The Morgan fingerprint density at radius 1 is 1.44 bits per heavy atom. The topological polar surface area (TPSA) is 49.4 Å².